The SMILES string of the molecule is CC(=O)NNC(=O)NCc1ncc(-c2cc(Cl)cc(F)c2OCC(F)F)cc1F. The van der Waals surface area contributed by atoms with Gasteiger partial charge in [-0.05, 0) is 18.2 Å². The Labute approximate surface area is 167 Å². The number of nitrogens with one attached hydrogen (secondary N) is 3. The molecule has 0 fully saturated rings. The van der Waals surface area contributed by atoms with Crippen LogP contribution in [-0.4, -0.2) is 30.0 Å². The third-order valence-corrected chi connectivity index (χ3v) is 3.58. The fourth-order valence-electron chi connectivity index (χ4n) is 2.16. The summed E-state index contributed by atoms with van der Waals surface area (Å²) in [5.74, 6) is -2.87. The second-order valence-electron chi connectivity index (χ2n) is 5.61. The first-order valence-corrected chi connectivity index (χ1v) is 8.40. The highest BCUT2D eigenvalue weighted by molar-refractivity contribution is 6.31. The molecule has 0 atom stereocenters. The van der Waals surface area contributed by atoms with Gasteiger partial charge in [0.05, 0.1) is 12.2 Å². The van der Waals surface area contributed by atoms with Gasteiger partial charge in [-0.1, -0.05) is 11.6 Å². The van der Waals surface area contributed by atoms with Crippen molar-refractivity contribution in [2.75, 3.05) is 6.61 Å². The van der Waals surface area contributed by atoms with E-state index in [2.05, 4.69) is 10.3 Å². The summed E-state index contributed by atoms with van der Waals surface area (Å²) in [6, 6.07) is 2.27. The first kappa shape index (κ1) is 22.2. The molecule has 2 rings (SSSR count). The largest absolute Gasteiger partial charge is 0.484 e. The Balaban J connectivity index is 2.21. The molecule has 1 aromatic carbocycles. The number of carbonyl (C=O) groups is 2. The summed E-state index contributed by atoms with van der Waals surface area (Å²) < 4.78 is 58.1. The highest BCUT2D eigenvalue weighted by Crippen LogP contribution is 2.35. The summed E-state index contributed by atoms with van der Waals surface area (Å²) in [5.41, 5.74) is 3.85. The number of urea groups is 1. The molecule has 0 aliphatic heterocycles. The van der Waals surface area contributed by atoms with Gasteiger partial charge in [-0.2, -0.15) is 0 Å². The molecule has 3 N–H and O–H groups in total. The summed E-state index contributed by atoms with van der Waals surface area (Å²) in [7, 11) is 0. The average molecular weight is 435 g/mol. The number of hydrogen-bond donors (Lipinski definition) is 3. The topological polar surface area (TPSA) is 92.4 Å². The summed E-state index contributed by atoms with van der Waals surface area (Å²) in [5, 5.41) is 2.21. The molecule has 0 bridgehead atoms. The molecule has 0 saturated carbocycles. The van der Waals surface area contributed by atoms with Gasteiger partial charge in [0.1, 0.15) is 12.4 Å². The smallest absolute Gasteiger partial charge is 0.333 e. The number of alkyl halides is 2. The molecule has 0 radical (unpaired) electrons. The number of amides is 3. The van der Waals surface area contributed by atoms with E-state index in [4.69, 9.17) is 16.3 Å². The van der Waals surface area contributed by atoms with Crippen molar-refractivity contribution in [1.82, 2.24) is 21.2 Å². The van der Waals surface area contributed by atoms with Crippen LogP contribution >= 0.6 is 11.6 Å². The van der Waals surface area contributed by atoms with Crippen LogP contribution in [-0.2, 0) is 11.3 Å². The lowest BCUT2D eigenvalue weighted by Gasteiger charge is -2.14. The molecule has 156 valence electrons. The fraction of sp³-hybridized carbons (Fsp3) is 0.235. The van der Waals surface area contributed by atoms with E-state index in [-0.39, 0.29) is 28.4 Å². The Kier molecular flexibility index (Phi) is 7.59. The van der Waals surface area contributed by atoms with Gasteiger partial charge in [-0.3, -0.25) is 15.2 Å². The normalized spacial score (nSPS) is 10.6. The van der Waals surface area contributed by atoms with Crippen LogP contribution in [0.2, 0.25) is 5.02 Å². The number of rotatable bonds is 6. The Hall–Kier alpha value is -3.08. The second-order valence-corrected chi connectivity index (χ2v) is 6.04. The Morgan fingerprint density at radius 3 is 2.52 bits per heavy atom. The predicted molar refractivity (Wildman–Crippen MR) is 95.3 cm³/mol. The molecule has 29 heavy (non-hydrogen) atoms. The van der Waals surface area contributed by atoms with Gasteiger partial charge >= 0.3 is 6.03 Å². The van der Waals surface area contributed by atoms with Gasteiger partial charge in [-0.15, -0.1) is 0 Å². The molecule has 1 aromatic heterocycles. The molecular weight excluding hydrogens is 420 g/mol. The molecule has 7 nitrogen and oxygen atoms in total. The first-order valence-electron chi connectivity index (χ1n) is 8.02. The van der Waals surface area contributed by atoms with Crippen molar-refractivity contribution >= 4 is 23.5 Å². The van der Waals surface area contributed by atoms with Crippen LogP contribution in [0, 0.1) is 11.6 Å². The Bertz CT molecular complexity index is 914. The van der Waals surface area contributed by atoms with Crippen LogP contribution in [0.3, 0.4) is 0 Å². The number of hydrazine groups is 1. The summed E-state index contributed by atoms with van der Waals surface area (Å²) >= 11 is 5.80. The van der Waals surface area contributed by atoms with Crippen LogP contribution in [0.1, 0.15) is 12.6 Å². The lowest BCUT2D eigenvalue weighted by molar-refractivity contribution is -0.119. The van der Waals surface area contributed by atoms with Gasteiger partial charge in [0.15, 0.2) is 11.6 Å². The number of carbonyl (C=O) groups excluding carboxylic acids is 2. The van der Waals surface area contributed by atoms with Gasteiger partial charge in [0.2, 0.25) is 5.91 Å². The minimum Gasteiger partial charge on any atom is -0.484 e. The van der Waals surface area contributed by atoms with Crippen molar-refractivity contribution < 1.29 is 31.9 Å². The maximum Gasteiger partial charge on any atom is 0.333 e. The quantitative estimate of drug-likeness (QED) is 0.481. The number of ether oxygens (including phenoxy) is 1. The zero-order chi connectivity index (χ0) is 21.6. The molecule has 1 heterocycles. The zero-order valence-electron chi connectivity index (χ0n) is 14.9. The van der Waals surface area contributed by atoms with E-state index >= 15 is 0 Å². The van der Waals surface area contributed by atoms with Crippen molar-refractivity contribution in [1.29, 1.82) is 0 Å². The summed E-state index contributed by atoms with van der Waals surface area (Å²) in [6.45, 7) is -0.207. The third kappa shape index (κ3) is 6.49. The molecule has 0 saturated heterocycles. The zero-order valence-corrected chi connectivity index (χ0v) is 15.6. The predicted octanol–water partition coefficient (Wildman–Crippen LogP) is 3.17. The van der Waals surface area contributed by atoms with Gasteiger partial charge in [0.25, 0.3) is 6.43 Å². The molecular formula is C17H15ClF4N4O3. The highest BCUT2D eigenvalue weighted by atomic mass is 35.5. The molecule has 0 unspecified atom stereocenters. The van der Waals surface area contributed by atoms with Crippen molar-refractivity contribution in [2.45, 2.75) is 19.9 Å². The number of pyridine rings is 1. The van der Waals surface area contributed by atoms with Crippen LogP contribution in [0.25, 0.3) is 11.1 Å². The monoisotopic (exact) mass is 434 g/mol. The number of nitrogens with zero attached hydrogens (tertiary/aromatic N) is 1. The summed E-state index contributed by atoms with van der Waals surface area (Å²) in [4.78, 5) is 26.0. The fourth-order valence-corrected chi connectivity index (χ4v) is 2.37. The van der Waals surface area contributed by atoms with E-state index in [9.17, 15) is 27.2 Å². The van der Waals surface area contributed by atoms with E-state index in [1.807, 2.05) is 10.9 Å². The molecule has 12 heteroatoms. The van der Waals surface area contributed by atoms with E-state index < -0.39 is 42.4 Å². The van der Waals surface area contributed by atoms with Gasteiger partial charge in [-0.25, -0.2) is 27.8 Å². The maximum absolute atomic E-state index is 14.4. The third-order valence-electron chi connectivity index (χ3n) is 3.36. The van der Waals surface area contributed by atoms with Crippen LogP contribution in [0.15, 0.2) is 24.4 Å². The molecule has 0 aliphatic rings. The number of hydrogen-bond acceptors (Lipinski definition) is 4. The average Bonchev–Trinajstić information content (AvgIpc) is 2.63. The lowest BCUT2D eigenvalue weighted by Crippen LogP contribution is -2.45. The minimum atomic E-state index is -2.84. The molecule has 0 aliphatic carbocycles. The Morgan fingerprint density at radius 1 is 1.17 bits per heavy atom. The molecule has 3 amide bonds. The maximum atomic E-state index is 14.4. The van der Waals surface area contributed by atoms with Crippen LogP contribution in [0.4, 0.5) is 22.4 Å². The van der Waals surface area contributed by atoms with Gasteiger partial charge in [0, 0.05) is 29.3 Å². The molecule has 2 aromatic rings. The first-order chi connectivity index (χ1) is 13.7. The van der Waals surface area contributed by atoms with E-state index in [1.165, 1.54) is 13.0 Å². The Morgan fingerprint density at radius 2 is 1.90 bits per heavy atom. The standard InChI is InChI=1S/C17H15ClF4N4O3/c1-8(27)25-26-17(28)24-6-14-12(19)2-9(5-23-14)11-3-10(18)4-13(20)16(11)29-7-15(21)22/h2-5,15H,6-7H2,1H3,(H,25,27)(H2,24,26,28). The second kappa shape index (κ2) is 9.92. The van der Waals surface area contributed by atoms with Gasteiger partial charge < -0.3 is 10.1 Å². The van der Waals surface area contributed by atoms with Crippen molar-refractivity contribution in [3.05, 3.63) is 46.7 Å². The van der Waals surface area contributed by atoms with Crippen LogP contribution < -0.4 is 20.9 Å². The number of halogens is 5. The van der Waals surface area contributed by atoms with E-state index in [0.29, 0.717) is 0 Å². The number of aromatic nitrogens is 1. The number of benzene rings is 1. The van der Waals surface area contributed by atoms with E-state index in [0.717, 1.165) is 18.3 Å². The highest BCUT2D eigenvalue weighted by Gasteiger charge is 2.18. The molecule has 0 spiro atoms. The van der Waals surface area contributed by atoms with E-state index in [1.54, 1.807) is 0 Å². The van der Waals surface area contributed by atoms with Crippen molar-refractivity contribution in [3.63, 3.8) is 0 Å². The van der Waals surface area contributed by atoms with Crippen LogP contribution in [0.5, 0.6) is 5.75 Å². The summed E-state index contributed by atoms with van der Waals surface area (Å²) in [6.07, 6.45) is -1.70. The van der Waals surface area contributed by atoms with Crippen molar-refractivity contribution in [2.24, 2.45) is 0 Å². The van der Waals surface area contributed by atoms with Crippen molar-refractivity contribution in [3.8, 4) is 16.9 Å². The lowest BCUT2D eigenvalue weighted by atomic mass is 10.1. The minimum absolute atomic E-state index is 0.0274.